The zero-order valence-electron chi connectivity index (χ0n) is 10.1. The van der Waals surface area contributed by atoms with Gasteiger partial charge in [-0.3, -0.25) is 4.79 Å². The van der Waals surface area contributed by atoms with Gasteiger partial charge in [0.15, 0.2) is 0 Å². The molecule has 1 saturated carbocycles. The van der Waals surface area contributed by atoms with Crippen molar-refractivity contribution in [1.82, 2.24) is 4.72 Å². The van der Waals surface area contributed by atoms with Crippen LogP contribution >= 0.6 is 22.6 Å². The second-order valence-electron chi connectivity index (χ2n) is 4.65. The van der Waals surface area contributed by atoms with Gasteiger partial charge in [0.2, 0.25) is 10.0 Å². The normalized spacial score (nSPS) is 18.4. The van der Waals surface area contributed by atoms with Gasteiger partial charge < -0.3 is 5.11 Å². The first-order valence-corrected chi connectivity index (χ1v) is 8.45. The highest BCUT2D eigenvalue weighted by molar-refractivity contribution is 14.1. The first-order valence-electron chi connectivity index (χ1n) is 5.89. The molecule has 7 heteroatoms. The fourth-order valence-corrected chi connectivity index (χ4v) is 4.05. The van der Waals surface area contributed by atoms with Crippen molar-refractivity contribution in [1.29, 1.82) is 0 Å². The highest BCUT2D eigenvalue weighted by atomic mass is 127. The SMILES string of the molecule is O=C(O)C1(NS(=O)(=O)c2ccc(I)cc2)CCCC1. The first-order chi connectivity index (χ1) is 8.86. The minimum atomic E-state index is -3.80. The Morgan fingerprint density at radius 1 is 1.21 bits per heavy atom. The maximum absolute atomic E-state index is 12.2. The van der Waals surface area contributed by atoms with E-state index in [4.69, 9.17) is 0 Å². The van der Waals surface area contributed by atoms with E-state index >= 15 is 0 Å². The molecule has 0 amide bonds. The van der Waals surface area contributed by atoms with Crippen LogP contribution in [0.5, 0.6) is 0 Å². The van der Waals surface area contributed by atoms with E-state index in [-0.39, 0.29) is 4.90 Å². The summed E-state index contributed by atoms with van der Waals surface area (Å²) >= 11 is 2.08. The number of hydrogen-bond donors (Lipinski definition) is 2. The molecule has 1 aromatic carbocycles. The number of benzene rings is 1. The van der Waals surface area contributed by atoms with Crippen molar-refractivity contribution in [2.24, 2.45) is 0 Å². The molecule has 19 heavy (non-hydrogen) atoms. The van der Waals surface area contributed by atoms with Gasteiger partial charge in [-0.2, -0.15) is 4.72 Å². The third-order valence-corrected chi connectivity index (χ3v) is 5.59. The van der Waals surface area contributed by atoms with Crippen LogP contribution in [-0.2, 0) is 14.8 Å². The molecule has 0 saturated heterocycles. The first kappa shape index (κ1) is 14.7. The van der Waals surface area contributed by atoms with Gasteiger partial charge in [0.05, 0.1) is 4.90 Å². The van der Waals surface area contributed by atoms with Crippen molar-refractivity contribution in [2.45, 2.75) is 36.1 Å². The van der Waals surface area contributed by atoms with Crippen LogP contribution in [0.15, 0.2) is 29.2 Å². The van der Waals surface area contributed by atoms with Gasteiger partial charge in [-0.15, -0.1) is 0 Å². The van der Waals surface area contributed by atoms with E-state index in [0.29, 0.717) is 12.8 Å². The van der Waals surface area contributed by atoms with Crippen LogP contribution in [0.2, 0.25) is 0 Å². The van der Waals surface area contributed by atoms with Crippen molar-refractivity contribution in [3.63, 3.8) is 0 Å². The lowest BCUT2D eigenvalue weighted by atomic mass is 10.0. The Bertz CT molecular complexity index is 576. The maximum atomic E-state index is 12.2. The lowest BCUT2D eigenvalue weighted by Crippen LogP contribution is -2.52. The standard InChI is InChI=1S/C12H14INO4S/c13-9-3-5-10(6-4-9)19(17,18)14-12(11(15)16)7-1-2-8-12/h3-6,14H,1-2,7-8H2,(H,15,16). The lowest BCUT2D eigenvalue weighted by Gasteiger charge is -2.24. The number of nitrogens with one attached hydrogen (secondary N) is 1. The van der Waals surface area contributed by atoms with Crippen LogP contribution in [0, 0.1) is 3.57 Å². The van der Waals surface area contributed by atoms with Crippen molar-refractivity contribution in [2.75, 3.05) is 0 Å². The van der Waals surface area contributed by atoms with E-state index in [2.05, 4.69) is 27.3 Å². The predicted molar refractivity (Wildman–Crippen MR) is 78.3 cm³/mol. The summed E-state index contributed by atoms with van der Waals surface area (Å²) in [4.78, 5) is 11.5. The molecular weight excluding hydrogens is 381 g/mol. The van der Waals surface area contributed by atoms with Gasteiger partial charge in [0.25, 0.3) is 0 Å². The predicted octanol–water partition coefficient (Wildman–Crippen LogP) is 1.97. The van der Waals surface area contributed by atoms with E-state index in [0.717, 1.165) is 16.4 Å². The number of carboxylic acid groups (broad SMARTS) is 1. The van der Waals surface area contributed by atoms with Crippen molar-refractivity contribution >= 4 is 38.6 Å². The summed E-state index contributed by atoms with van der Waals surface area (Å²) in [7, 11) is -3.80. The van der Waals surface area contributed by atoms with E-state index in [9.17, 15) is 18.3 Å². The van der Waals surface area contributed by atoms with Gasteiger partial charge in [-0.05, 0) is 59.7 Å². The molecule has 2 rings (SSSR count). The Balaban J connectivity index is 2.30. The molecule has 1 fully saturated rings. The van der Waals surface area contributed by atoms with Gasteiger partial charge in [0.1, 0.15) is 5.54 Å². The molecule has 0 radical (unpaired) electrons. The highest BCUT2D eigenvalue weighted by Gasteiger charge is 2.44. The van der Waals surface area contributed by atoms with E-state index in [1.165, 1.54) is 12.1 Å². The quantitative estimate of drug-likeness (QED) is 0.764. The second kappa shape index (κ2) is 5.37. The molecule has 0 aromatic heterocycles. The van der Waals surface area contributed by atoms with Crippen molar-refractivity contribution < 1.29 is 18.3 Å². The minimum absolute atomic E-state index is 0.0976. The lowest BCUT2D eigenvalue weighted by molar-refractivity contribution is -0.143. The average molecular weight is 395 g/mol. The smallest absolute Gasteiger partial charge is 0.324 e. The number of halogens is 1. The van der Waals surface area contributed by atoms with E-state index in [1.54, 1.807) is 12.1 Å². The molecule has 2 N–H and O–H groups in total. The molecule has 0 aliphatic heterocycles. The molecule has 0 unspecified atom stereocenters. The summed E-state index contributed by atoms with van der Waals surface area (Å²) in [5.74, 6) is -1.10. The Hall–Kier alpha value is -0.670. The fraction of sp³-hybridized carbons (Fsp3) is 0.417. The largest absolute Gasteiger partial charge is 0.480 e. The summed E-state index contributed by atoms with van der Waals surface area (Å²) in [5, 5.41) is 9.29. The zero-order valence-corrected chi connectivity index (χ0v) is 13.1. The van der Waals surface area contributed by atoms with E-state index < -0.39 is 21.5 Å². The van der Waals surface area contributed by atoms with Gasteiger partial charge in [0, 0.05) is 3.57 Å². The third-order valence-electron chi connectivity index (χ3n) is 3.32. The second-order valence-corrected chi connectivity index (χ2v) is 7.58. The zero-order chi connectivity index (χ0) is 14.1. The topological polar surface area (TPSA) is 83.5 Å². The van der Waals surface area contributed by atoms with Crippen LogP contribution in [0.25, 0.3) is 0 Å². The third kappa shape index (κ3) is 3.09. The Morgan fingerprint density at radius 3 is 2.21 bits per heavy atom. The summed E-state index contributed by atoms with van der Waals surface area (Å²) in [5.41, 5.74) is -1.35. The van der Waals surface area contributed by atoms with Crippen LogP contribution in [0.3, 0.4) is 0 Å². The van der Waals surface area contributed by atoms with Crippen LogP contribution in [0.4, 0.5) is 0 Å². The van der Waals surface area contributed by atoms with Gasteiger partial charge in [-0.1, -0.05) is 12.8 Å². The average Bonchev–Trinajstić information content (AvgIpc) is 2.78. The minimum Gasteiger partial charge on any atom is -0.480 e. The summed E-state index contributed by atoms with van der Waals surface area (Å²) in [6.07, 6.45) is 2.13. The Labute approximate surface area is 125 Å². The number of sulfonamides is 1. The van der Waals surface area contributed by atoms with Gasteiger partial charge in [-0.25, -0.2) is 8.42 Å². The van der Waals surface area contributed by atoms with Crippen LogP contribution < -0.4 is 4.72 Å². The highest BCUT2D eigenvalue weighted by Crippen LogP contribution is 2.31. The molecule has 1 aliphatic carbocycles. The molecule has 1 aliphatic rings. The molecule has 1 aromatic rings. The molecule has 0 bridgehead atoms. The van der Waals surface area contributed by atoms with E-state index in [1.807, 2.05) is 0 Å². The number of carboxylic acids is 1. The molecular formula is C12H14INO4S. The number of hydrogen-bond acceptors (Lipinski definition) is 3. The van der Waals surface area contributed by atoms with Crippen molar-refractivity contribution in [3.05, 3.63) is 27.8 Å². The van der Waals surface area contributed by atoms with Gasteiger partial charge >= 0.3 is 5.97 Å². The Morgan fingerprint density at radius 2 is 1.74 bits per heavy atom. The monoisotopic (exact) mass is 395 g/mol. The summed E-state index contributed by atoms with van der Waals surface area (Å²) < 4.78 is 27.8. The van der Waals surface area contributed by atoms with Crippen LogP contribution in [0.1, 0.15) is 25.7 Å². The number of aliphatic carboxylic acids is 1. The molecule has 0 spiro atoms. The number of carbonyl (C=O) groups is 1. The van der Waals surface area contributed by atoms with Crippen LogP contribution in [-0.4, -0.2) is 25.0 Å². The van der Waals surface area contributed by atoms with Crippen molar-refractivity contribution in [3.8, 4) is 0 Å². The molecule has 104 valence electrons. The fourth-order valence-electron chi connectivity index (χ4n) is 2.27. The molecule has 0 heterocycles. The summed E-state index contributed by atoms with van der Waals surface area (Å²) in [6.45, 7) is 0. The molecule has 0 atom stereocenters. The maximum Gasteiger partial charge on any atom is 0.324 e. The molecule has 5 nitrogen and oxygen atoms in total. The Kier molecular flexibility index (Phi) is 4.17. The number of rotatable bonds is 4. The summed E-state index contributed by atoms with van der Waals surface area (Å²) in [6, 6.07) is 6.32.